The van der Waals surface area contributed by atoms with E-state index in [4.69, 9.17) is 11.6 Å². The maximum absolute atomic E-state index is 13.0. The molecule has 26 heavy (non-hydrogen) atoms. The van der Waals surface area contributed by atoms with Crippen molar-refractivity contribution in [2.75, 3.05) is 13.1 Å². The van der Waals surface area contributed by atoms with Crippen LogP contribution >= 0.6 is 11.6 Å². The number of rotatable bonds is 7. The summed E-state index contributed by atoms with van der Waals surface area (Å²) in [5.41, 5.74) is 3.10. The van der Waals surface area contributed by atoms with Gasteiger partial charge in [-0.3, -0.25) is 4.79 Å². The van der Waals surface area contributed by atoms with Gasteiger partial charge in [-0.1, -0.05) is 78.3 Å². The van der Waals surface area contributed by atoms with E-state index in [2.05, 4.69) is 24.3 Å². The second kappa shape index (κ2) is 9.21. The first-order chi connectivity index (χ1) is 12.7. The summed E-state index contributed by atoms with van der Waals surface area (Å²) >= 11 is 6.07. The summed E-state index contributed by atoms with van der Waals surface area (Å²) in [6.07, 6.45) is 1.67. The largest absolute Gasteiger partial charge is 0.338 e. The van der Waals surface area contributed by atoms with Crippen LogP contribution in [0.3, 0.4) is 0 Å². The van der Waals surface area contributed by atoms with Crippen LogP contribution in [0.15, 0.2) is 84.9 Å². The molecule has 0 saturated carbocycles. The fraction of sp³-hybridized carbons (Fsp3) is 0.174. The number of amides is 1. The maximum atomic E-state index is 13.0. The van der Waals surface area contributed by atoms with Crippen LogP contribution in [0.2, 0.25) is 5.02 Å². The monoisotopic (exact) mass is 363 g/mol. The molecule has 0 radical (unpaired) electrons. The molecule has 3 heteroatoms. The molecular weight excluding hydrogens is 342 g/mol. The number of hydrogen-bond donors (Lipinski definition) is 0. The predicted octanol–water partition coefficient (Wildman–Crippen LogP) is 5.27. The molecule has 0 aliphatic heterocycles. The van der Waals surface area contributed by atoms with Gasteiger partial charge < -0.3 is 4.90 Å². The van der Waals surface area contributed by atoms with Gasteiger partial charge in [0.2, 0.25) is 0 Å². The lowest BCUT2D eigenvalue weighted by molar-refractivity contribution is 0.0759. The summed E-state index contributed by atoms with van der Waals surface area (Å²) in [5, 5.41) is 0.585. The van der Waals surface area contributed by atoms with Gasteiger partial charge in [0.1, 0.15) is 0 Å². The predicted molar refractivity (Wildman–Crippen MR) is 108 cm³/mol. The van der Waals surface area contributed by atoms with Gasteiger partial charge in [0.05, 0.1) is 0 Å². The second-order valence-corrected chi connectivity index (χ2v) is 6.71. The van der Waals surface area contributed by atoms with E-state index in [-0.39, 0.29) is 5.91 Å². The highest BCUT2D eigenvalue weighted by atomic mass is 35.5. The smallest absolute Gasteiger partial charge is 0.253 e. The average molecular weight is 364 g/mol. The van der Waals surface area contributed by atoms with Crippen molar-refractivity contribution >= 4 is 17.5 Å². The summed E-state index contributed by atoms with van der Waals surface area (Å²) in [4.78, 5) is 14.9. The number of hydrogen-bond acceptors (Lipinski definition) is 1. The van der Waals surface area contributed by atoms with E-state index in [9.17, 15) is 4.79 Å². The Morgan fingerprint density at radius 1 is 0.731 bits per heavy atom. The van der Waals surface area contributed by atoms with Gasteiger partial charge >= 0.3 is 0 Å². The number of carbonyl (C=O) groups excluding carboxylic acids is 1. The van der Waals surface area contributed by atoms with E-state index in [0.29, 0.717) is 23.7 Å². The second-order valence-electron chi connectivity index (χ2n) is 6.27. The van der Waals surface area contributed by atoms with Crippen LogP contribution in [0.4, 0.5) is 0 Å². The number of carbonyl (C=O) groups is 1. The number of nitrogens with zero attached hydrogens (tertiary/aromatic N) is 1. The molecule has 0 aromatic heterocycles. The van der Waals surface area contributed by atoms with Gasteiger partial charge in [-0.2, -0.15) is 0 Å². The molecule has 0 aliphatic rings. The third-order valence-corrected chi connectivity index (χ3v) is 4.62. The lowest BCUT2D eigenvalue weighted by atomic mass is 10.1. The van der Waals surface area contributed by atoms with Gasteiger partial charge in [0.15, 0.2) is 0 Å². The molecule has 0 atom stereocenters. The Kier molecular flexibility index (Phi) is 6.45. The van der Waals surface area contributed by atoms with Gasteiger partial charge in [-0.25, -0.2) is 0 Å². The quantitative estimate of drug-likeness (QED) is 0.560. The molecular formula is C23H22ClNO. The van der Waals surface area contributed by atoms with Crippen molar-refractivity contribution in [3.05, 3.63) is 107 Å². The lowest BCUT2D eigenvalue weighted by Crippen LogP contribution is -2.34. The van der Waals surface area contributed by atoms with Crippen molar-refractivity contribution in [3.8, 4) is 0 Å². The summed E-state index contributed by atoms with van der Waals surface area (Å²) < 4.78 is 0. The Bertz CT molecular complexity index is 790. The summed E-state index contributed by atoms with van der Waals surface area (Å²) in [7, 11) is 0. The first kappa shape index (κ1) is 18.2. The molecule has 0 aliphatic carbocycles. The Hall–Kier alpha value is -2.58. The van der Waals surface area contributed by atoms with Crippen LogP contribution in [0.25, 0.3) is 0 Å². The molecule has 1 amide bonds. The lowest BCUT2D eigenvalue weighted by Gasteiger charge is -2.23. The molecule has 2 nitrogen and oxygen atoms in total. The molecule has 3 aromatic rings. The van der Waals surface area contributed by atoms with Gasteiger partial charge in [-0.05, 0) is 42.2 Å². The van der Waals surface area contributed by atoms with Crippen molar-refractivity contribution in [1.29, 1.82) is 0 Å². The highest BCUT2D eigenvalue weighted by molar-refractivity contribution is 6.30. The van der Waals surface area contributed by atoms with Gasteiger partial charge in [0.25, 0.3) is 5.91 Å². The molecule has 0 heterocycles. The van der Waals surface area contributed by atoms with Crippen molar-refractivity contribution in [2.45, 2.75) is 12.8 Å². The molecule has 0 fully saturated rings. The third kappa shape index (κ3) is 5.21. The Morgan fingerprint density at radius 2 is 1.27 bits per heavy atom. The van der Waals surface area contributed by atoms with Crippen LogP contribution in [0.1, 0.15) is 21.5 Å². The van der Waals surface area contributed by atoms with E-state index in [0.717, 1.165) is 12.8 Å². The zero-order valence-corrected chi connectivity index (χ0v) is 15.4. The standard InChI is InChI=1S/C23H22ClNO/c24-22-13-7-12-21(18-22)23(26)25(16-14-19-8-3-1-4-9-19)17-15-20-10-5-2-6-11-20/h1-13,18H,14-17H2. The Labute approximate surface area is 160 Å². The highest BCUT2D eigenvalue weighted by Gasteiger charge is 2.16. The minimum Gasteiger partial charge on any atom is -0.338 e. The Morgan fingerprint density at radius 3 is 1.77 bits per heavy atom. The third-order valence-electron chi connectivity index (χ3n) is 4.39. The summed E-state index contributed by atoms with van der Waals surface area (Å²) in [6, 6.07) is 27.7. The molecule has 132 valence electrons. The minimum atomic E-state index is 0.0272. The van der Waals surface area contributed by atoms with E-state index >= 15 is 0 Å². The first-order valence-corrected chi connectivity index (χ1v) is 9.23. The molecule has 0 unspecified atom stereocenters. The topological polar surface area (TPSA) is 20.3 Å². The molecule has 0 N–H and O–H groups in total. The molecule has 0 bridgehead atoms. The van der Waals surface area contributed by atoms with Crippen LogP contribution in [0.5, 0.6) is 0 Å². The van der Waals surface area contributed by atoms with E-state index in [1.54, 1.807) is 12.1 Å². The number of benzene rings is 3. The van der Waals surface area contributed by atoms with Gasteiger partial charge in [-0.15, -0.1) is 0 Å². The van der Waals surface area contributed by atoms with E-state index in [1.165, 1.54) is 11.1 Å². The number of halogens is 1. The van der Waals surface area contributed by atoms with Crippen LogP contribution in [0, 0.1) is 0 Å². The SMILES string of the molecule is O=C(c1cccc(Cl)c1)N(CCc1ccccc1)CCc1ccccc1. The van der Waals surface area contributed by atoms with Crippen molar-refractivity contribution < 1.29 is 4.79 Å². The fourth-order valence-corrected chi connectivity index (χ4v) is 3.13. The van der Waals surface area contributed by atoms with Crippen molar-refractivity contribution in [3.63, 3.8) is 0 Å². The zero-order valence-electron chi connectivity index (χ0n) is 14.6. The van der Waals surface area contributed by atoms with Crippen molar-refractivity contribution in [2.24, 2.45) is 0 Å². The van der Waals surface area contributed by atoms with E-state index in [1.807, 2.05) is 53.4 Å². The van der Waals surface area contributed by atoms with Gasteiger partial charge in [0, 0.05) is 23.7 Å². The first-order valence-electron chi connectivity index (χ1n) is 8.85. The summed E-state index contributed by atoms with van der Waals surface area (Å²) in [6.45, 7) is 1.37. The molecule has 0 saturated heterocycles. The average Bonchev–Trinajstić information content (AvgIpc) is 2.69. The van der Waals surface area contributed by atoms with Crippen LogP contribution < -0.4 is 0 Å². The van der Waals surface area contributed by atoms with Crippen molar-refractivity contribution in [1.82, 2.24) is 4.90 Å². The normalized spacial score (nSPS) is 10.5. The van der Waals surface area contributed by atoms with Crippen LogP contribution in [-0.4, -0.2) is 23.9 Å². The summed E-state index contributed by atoms with van der Waals surface area (Å²) in [5.74, 6) is 0.0272. The molecule has 0 spiro atoms. The fourth-order valence-electron chi connectivity index (χ4n) is 2.94. The Balaban J connectivity index is 1.72. The van der Waals surface area contributed by atoms with Crippen LogP contribution in [-0.2, 0) is 12.8 Å². The highest BCUT2D eigenvalue weighted by Crippen LogP contribution is 2.14. The maximum Gasteiger partial charge on any atom is 0.253 e. The minimum absolute atomic E-state index is 0.0272. The van der Waals surface area contributed by atoms with E-state index < -0.39 is 0 Å². The molecule has 3 aromatic carbocycles. The zero-order chi connectivity index (χ0) is 18.2. The molecule has 3 rings (SSSR count).